The first kappa shape index (κ1) is 14.5. The summed E-state index contributed by atoms with van der Waals surface area (Å²) in [5, 5.41) is 17.2. The molecule has 20 heavy (non-hydrogen) atoms. The number of para-hydroxylation sites is 1. The number of aliphatic hydroxyl groups is 1. The van der Waals surface area contributed by atoms with E-state index < -0.39 is 6.10 Å². The fourth-order valence-corrected chi connectivity index (χ4v) is 2.14. The largest absolute Gasteiger partial charge is 0.391 e. The fraction of sp³-hybridized carbons (Fsp3) is 0.467. The molecule has 0 aliphatic rings. The predicted octanol–water partition coefficient (Wildman–Crippen LogP) is 1.89. The highest BCUT2D eigenvalue weighted by Gasteiger charge is 2.13. The van der Waals surface area contributed by atoms with Crippen LogP contribution < -0.4 is 5.32 Å². The van der Waals surface area contributed by atoms with Gasteiger partial charge in [0.1, 0.15) is 5.69 Å². The Morgan fingerprint density at radius 2 is 2.15 bits per heavy atom. The highest BCUT2D eigenvalue weighted by molar-refractivity contribution is 5.86. The normalized spacial score (nSPS) is 12.8. The molecule has 1 heterocycles. The van der Waals surface area contributed by atoms with Gasteiger partial charge in [-0.05, 0) is 24.5 Å². The van der Waals surface area contributed by atoms with E-state index in [1.165, 1.54) is 0 Å². The number of carbonyl (C=O) groups excluding carboxylic acids is 1. The van der Waals surface area contributed by atoms with Crippen LogP contribution in [0, 0.1) is 5.92 Å². The lowest BCUT2D eigenvalue weighted by molar-refractivity contribution is -0.121. The zero-order valence-electron chi connectivity index (χ0n) is 11.8. The number of carbonyl (C=O) groups is 1. The summed E-state index contributed by atoms with van der Waals surface area (Å²) < 4.78 is 5.15. The maximum Gasteiger partial charge on any atom is 0.226 e. The Balaban J connectivity index is 1.88. The topological polar surface area (TPSA) is 75.4 Å². The number of amides is 1. The van der Waals surface area contributed by atoms with Gasteiger partial charge in [-0.3, -0.25) is 4.79 Å². The van der Waals surface area contributed by atoms with Crippen LogP contribution in [0.25, 0.3) is 11.0 Å². The van der Waals surface area contributed by atoms with Crippen LogP contribution in [0.3, 0.4) is 0 Å². The Bertz CT molecular complexity index is 577. The summed E-state index contributed by atoms with van der Waals surface area (Å²) in [5.74, 6) is 0.244. The third kappa shape index (κ3) is 3.81. The van der Waals surface area contributed by atoms with Gasteiger partial charge in [0, 0.05) is 11.9 Å². The predicted molar refractivity (Wildman–Crippen MR) is 76.2 cm³/mol. The molecule has 5 nitrogen and oxygen atoms in total. The minimum absolute atomic E-state index is 0.158. The molecule has 0 radical (unpaired) electrons. The maximum absolute atomic E-state index is 11.8. The number of rotatable bonds is 6. The Hall–Kier alpha value is -1.88. The second kappa shape index (κ2) is 6.52. The summed E-state index contributed by atoms with van der Waals surface area (Å²) in [6, 6.07) is 7.44. The van der Waals surface area contributed by atoms with Crippen molar-refractivity contribution in [3.8, 4) is 0 Å². The van der Waals surface area contributed by atoms with Gasteiger partial charge in [0.05, 0.1) is 12.5 Å². The number of hydrogen-bond acceptors (Lipinski definition) is 4. The van der Waals surface area contributed by atoms with E-state index in [1.807, 2.05) is 38.1 Å². The van der Waals surface area contributed by atoms with Crippen molar-refractivity contribution in [3.63, 3.8) is 0 Å². The number of nitrogens with zero attached hydrogens (tertiary/aromatic N) is 1. The van der Waals surface area contributed by atoms with Crippen LogP contribution in [-0.2, 0) is 11.2 Å². The summed E-state index contributed by atoms with van der Waals surface area (Å²) in [6.07, 6.45) is 0.325. The third-order valence-electron chi connectivity index (χ3n) is 3.06. The van der Waals surface area contributed by atoms with Crippen LogP contribution in [0.2, 0.25) is 0 Å². The molecule has 2 aromatic rings. The van der Waals surface area contributed by atoms with Crippen molar-refractivity contribution in [1.82, 2.24) is 10.5 Å². The van der Waals surface area contributed by atoms with Gasteiger partial charge in [-0.1, -0.05) is 31.1 Å². The van der Waals surface area contributed by atoms with Crippen molar-refractivity contribution in [1.29, 1.82) is 0 Å². The summed E-state index contributed by atoms with van der Waals surface area (Å²) in [6.45, 7) is 4.34. The average Bonchev–Trinajstić information content (AvgIpc) is 2.79. The van der Waals surface area contributed by atoms with Crippen molar-refractivity contribution in [2.45, 2.75) is 32.8 Å². The van der Waals surface area contributed by atoms with E-state index in [1.54, 1.807) is 0 Å². The number of benzene rings is 1. The Kier molecular flexibility index (Phi) is 4.74. The first-order valence-corrected chi connectivity index (χ1v) is 6.84. The van der Waals surface area contributed by atoms with Crippen LogP contribution in [0.15, 0.2) is 28.8 Å². The van der Waals surface area contributed by atoms with Crippen molar-refractivity contribution >= 4 is 16.9 Å². The van der Waals surface area contributed by atoms with Gasteiger partial charge in [0.2, 0.25) is 5.91 Å². The SMILES string of the molecule is CC(C)CC(O)CNC(=O)Cc1noc2ccccc12. The second-order valence-electron chi connectivity index (χ2n) is 5.39. The van der Waals surface area contributed by atoms with E-state index in [0.717, 1.165) is 5.39 Å². The molecule has 0 fully saturated rings. The molecule has 1 amide bonds. The number of fused-ring (bicyclic) bond motifs is 1. The second-order valence-corrected chi connectivity index (χ2v) is 5.39. The lowest BCUT2D eigenvalue weighted by atomic mass is 10.1. The van der Waals surface area contributed by atoms with Gasteiger partial charge in [-0.2, -0.15) is 0 Å². The fourth-order valence-electron chi connectivity index (χ4n) is 2.14. The molecule has 1 aromatic heterocycles. The zero-order valence-corrected chi connectivity index (χ0v) is 11.8. The van der Waals surface area contributed by atoms with Crippen LogP contribution in [-0.4, -0.2) is 28.8 Å². The van der Waals surface area contributed by atoms with E-state index in [4.69, 9.17) is 4.52 Å². The maximum atomic E-state index is 11.8. The highest BCUT2D eigenvalue weighted by Crippen LogP contribution is 2.17. The first-order valence-electron chi connectivity index (χ1n) is 6.84. The van der Waals surface area contributed by atoms with Crippen LogP contribution in [0.1, 0.15) is 26.0 Å². The Morgan fingerprint density at radius 1 is 1.40 bits per heavy atom. The molecule has 0 saturated carbocycles. The highest BCUT2D eigenvalue weighted by atomic mass is 16.5. The van der Waals surface area contributed by atoms with E-state index in [-0.39, 0.29) is 18.9 Å². The van der Waals surface area contributed by atoms with Gasteiger partial charge in [0.15, 0.2) is 5.58 Å². The van der Waals surface area contributed by atoms with E-state index in [0.29, 0.717) is 23.6 Å². The minimum atomic E-state index is -0.506. The zero-order chi connectivity index (χ0) is 14.5. The van der Waals surface area contributed by atoms with Crippen molar-refractivity contribution in [2.24, 2.45) is 5.92 Å². The quantitative estimate of drug-likeness (QED) is 0.845. The average molecular weight is 276 g/mol. The molecule has 2 rings (SSSR count). The van der Waals surface area contributed by atoms with E-state index in [9.17, 15) is 9.90 Å². The number of nitrogens with one attached hydrogen (secondary N) is 1. The lowest BCUT2D eigenvalue weighted by Crippen LogP contribution is -2.33. The molecular formula is C15H20N2O3. The summed E-state index contributed by atoms with van der Waals surface area (Å²) in [5.41, 5.74) is 1.30. The number of hydrogen-bond donors (Lipinski definition) is 2. The summed E-state index contributed by atoms with van der Waals surface area (Å²) >= 11 is 0. The molecule has 5 heteroatoms. The van der Waals surface area contributed by atoms with Crippen LogP contribution in [0.4, 0.5) is 0 Å². The lowest BCUT2D eigenvalue weighted by Gasteiger charge is -2.13. The van der Waals surface area contributed by atoms with Gasteiger partial charge < -0.3 is 14.9 Å². The molecule has 0 spiro atoms. The molecule has 108 valence electrons. The van der Waals surface area contributed by atoms with Crippen molar-refractivity contribution < 1.29 is 14.4 Å². The molecule has 2 N–H and O–H groups in total. The molecule has 0 bridgehead atoms. The van der Waals surface area contributed by atoms with E-state index in [2.05, 4.69) is 10.5 Å². The molecule has 1 unspecified atom stereocenters. The monoisotopic (exact) mass is 276 g/mol. The van der Waals surface area contributed by atoms with Gasteiger partial charge >= 0.3 is 0 Å². The van der Waals surface area contributed by atoms with Gasteiger partial charge in [-0.15, -0.1) is 0 Å². The van der Waals surface area contributed by atoms with Gasteiger partial charge in [-0.25, -0.2) is 0 Å². The molecule has 0 aliphatic carbocycles. The summed E-state index contributed by atoms with van der Waals surface area (Å²) in [4.78, 5) is 11.8. The van der Waals surface area contributed by atoms with Gasteiger partial charge in [0.25, 0.3) is 0 Å². The molecular weight excluding hydrogens is 256 g/mol. The minimum Gasteiger partial charge on any atom is -0.391 e. The first-order chi connectivity index (χ1) is 9.56. The van der Waals surface area contributed by atoms with E-state index >= 15 is 0 Å². The smallest absolute Gasteiger partial charge is 0.226 e. The molecule has 0 aliphatic heterocycles. The number of aliphatic hydroxyl groups excluding tert-OH is 1. The standard InChI is InChI=1S/C15H20N2O3/c1-10(2)7-11(18)9-16-15(19)8-13-12-5-3-4-6-14(12)20-17-13/h3-6,10-11,18H,7-9H2,1-2H3,(H,16,19). The summed E-state index contributed by atoms with van der Waals surface area (Å²) in [7, 11) is 0. The van der Waals surface area contributed by atoms with Crippen LogP contribution in [0.5, 0.6) is 0 Å². The molecule has 1 atom stereocenters. The van der Waals surface area contributed by atoms with Crippen molar-refractivity contribution in [3.05, 3.63) is 30.0 Å². The molecule has 1 aromatic carbocycles. The number of aromatic nitrogens is 1. The third-order valence-corrected chi connectivity index (χ3v) is 3.06. The Labute approximate surface area is 118 Å². The van der Waals surface area contributed by atoms with Crippen molar-refractivity contribution in [2.75, 3.05) is 6.54 Å². The Morgan fingerprint density at radius 3 is 2.90 bits per heavy atom. The molecule has 0 saturated heterocycles. The van der Waals surface area contributed by atoms with Crippen LogP contribution >= 0.6 is 0 Å².